The number of aromatic nitrogens is 3. The van der Waals surface area contributed by atoms with Crippen LogP contribution in [-0.2, 0) is 38.1 Å². The number of anilines is 2. The Balaban J connectivity index is 1.27. The summed E-state index contributed by atoms with van der Waals surface area (Å²) in [4.78, 5) is 94.9. The number of fused-ring (bicyclic) bond motifs is 1. The van der Waals surface area contributed by atoms with Crippen LogP contribution in [0, 0.1) is 0 Å². The lowest BCUT2D eigenvalue weighted by molar-refractivity contribution is -0.153. The third-order valence-electron chi connectivity index (χ3n) is 13.0. The number of amides is 2. The molecule has 0 aliphatic carbocycles. The Hall–Kier alpha value is -6.85. The molecule has 426 valence electrons. The van der Waals surface area contributed by atoms with E-state index in [1.54, 1.807) is 30.3 Å². The maximum absolute atomic E-state index is 14.6. The van der Waals surface area contributed by atoms with Crippen molar-refractivity contribution < 1.29 is 57.2 Å². The van der Waals surface area contributed by atoms with Gasteiger partial charge in [-0.3, -0.25) is 9.59 Å². The summed E-state index contributed by atoms with van der Waals surface area (Å²) < 4.78 is 28.1. The van der Waals surface area contributed by atoms with Crippen LogP contribution in [-0.4, -0.2) is 82.1 Å². The molecule has 1 aromatic heterocycles. The first-order valence-corrected chi connectivity index (χ1v) is 28.5. The quantitative estimate of drug-likeness (QED) is 0.0127. The number of rotatable bonds is 35. The van der Waals surface area contributed by atoms with Crippen LogP contribution >= 0.6 is 23.2 Å². The molecule has 19 heteroatoms. The average Bonchev–Trinajstić information content (AvgIpc) is 3.88. The Kier molecular flexibility index (Phi) is 27.3. The van der Waals surface area contributed by atoms with Gasteiger partial charge in [-0.25, -0.2) is 28.7 Å². The lowest BCUT2D eigenvalue weighted by atomic mass is 10.1. The highest BCUT2D eigenvalue weighted by atomic mass is 35.5. The second-order valence-corrected chi connectivity index (χ2v) is 20.3. The Morgan fingerprint density at radius 1 is 0.506 bits per heavy atom. The van der Waals surface area contributed by atoms with Gasteiger partial charge in [0.15, 0.2) is 12.2 Å². The van der Waals surface area contributed by atoms with Crippen molar-refractivity contribution in [2.75, 3.05) is 23.8 Å². The highest BCUT2D eigenvalue weighted by Crippen LogP contribution is 2.30. The van der Waals surface area contributed by atoms with Gasteiger partial charge in [0.05, 0.1) is 56.8 Å². The molecular formula is C60H75Cl2N5O12. The highest BCUT2D eigenvalue weighted by molar-refractivity contribution is 6.35. The molecule has 1 heterocycles. The first-order chi connectivity index (χ1) is 38.2. The average molecular weight is 1130 g/mol. The van der Waals surface area contributed by atoms with Crippen molar-refractivity contribution in [2.24, 2.45) is 0 Å². The van der Waals surface area contributed by atoms with E-state index in [4.69, 9.17) is 46.9 Å². The van der Waals surface area contributed by atoms with Crippen LogP contribution in [0.25, 0.3) is 11.0 Å². The molecule has 0 saturated carbocycles. The minimum Gasteiger partial charge on any atom is -0.463 e. The third-order valence-corrected chi connectivity index (χ3v) is 13.7. The van der Waals surface area contributed by atoms with Gasteiger partial charge in [-0.05, 0) is 93.4 Å². The van der Waals surface area contributed by atoms with Gasteiger partial charge in [0.25, 0.3) is 11.8 Å². The topological polar surface area (TPSA) is 220 Å². The smallest absolute Gasteiger partial charge is 0.347 e. The number of nitrogens with zero attached hydrogens (tertiary/aromatic N) is 3. The zero-order valence-corrected chi connectivity index (χ0v) is 47.4. The maximum Gasteiger partial charge on any atom is 0.347 e. The standard InChI is InChI=1S/C60H75Cl2N5O12/c1-5-7-9-11-13-15-17-19-21-26-36-75-56(70)41(3)77-58(72)43-30-33-47(61)50(38-43)63-54(68)53(67-52-40-45(32-35-49(52)65-66-67)60(74)79-46-28-24-23-25-29-46)55(69)64-51-39-44(31-34-48(51)62)59(73)78-42(4)57(71)76-37-27-22-20-18-16-14-12-10-8-6-2/h23-25,28-35,38-42,53H,5-22,26-27,36-37H2,1-4H3,(H,63,68)(H,64,69). The number of para-hydroxylation sites is 1. The molecule has 2 unspecified atom stereocenters. The molecule has 0 saturated heterocycles. The van der Waals surface area contributed by atoms with E-state index >= 15 is 0 Å². The number of carbonyl (C=O) groups excluding carboxylic acids is 7. The van der Waals surface area contributed by atoms with Gasteiger partial charge in [0.2, 0.25) is 6.04 Å². The van der Waals surface area contributed by atoms with Gasteiger partial charge >= 0.3 is 29.8 Å². The van der Waals surface area contributed by atoms with E-state index in [2.05, 4.69) is 34.8 Å². The summed E-state index contributed by atoms with van der Waals surface area (Å²) >= 11 is 13.1. The summed E-state index contributed by atoms with van der Waals surface area (Å²) in [5.41, 5.74) is -0.217. The minimum atomic E-state index is -1.96. The van der Waals surface area contributed by atoms with E-state index < -0.39 is 59.9 Å². The van der Waals surface area contributed by atoms with Crippen molar-refractivity contribution in [2.45, 2.75) is 174 Å². The molecule has 4 aromatic carbocycles. The van der Waals surface area contributed by atoms with E-state index in [1.807, 2.05) is 0 Å². The molecule has 0 aliphatic heterocycles. The second-order valence-electron chi connectivity index (χ2n) is 19.5. The summed E-state index contributed by atoms with van der Waals surface area (Å²) in [5.74, 6) is -5.90. The molecule has 79 heavy (non-hydrogen) atoms. The molecule has 0 aliphatic rings. The molecule has 0 radical (unpaired) electrons. The normalized spacial score (nSPS) is 12.2. The second kappa shape index (κ2) is 34.2. The van der Waals surface area contributed by atoms with E-state index in [0.717, 1.165) is 43.2 Å². The van der Waals surface area contributed by atoms with E-state index in [-0.39, 0.29) is 68.1 Å². The number of ether oxygens (including phenoxy) is 5. The van der Waals surface area contributed by atoms with Gasteiger partial charge in [-0.1, -0.05) is 176 Å². The molecule has 0 spiro atoms. The maximum atomic E-state index is 14.6. The number of hydrogen-bond acceptors (Lipinski definition) is 14. The summed E-state index contributed by atoms with van der Waals surface area (Å²) in [6.07, 6.45) is 19.9. The predicted octanol–water partition coefficient (Wildman–Crippen LogP) is 13.8. The molecular weight excluding hydrogens is 1050 g/mol. The minimum absolute atomic E-state index is 0.0248. The van der Waals surface area contributed by atoms with E-state index in [1.165, 1.54) is 145 Å². The molecule has 5 rings (SSSR count). The van der Waals surface area contributed by atoms with Gasteiger partial charge in [0, 0.05) is 0 Å². The first-order valence-electron chi connectivity index (χ1n) is 27.8. The van der Waals surface area contributed by atoms with Crippen molar-refractivity contribution in [3.05, 3.63) is 112 Å². The summed E-state index contributed by atoms with van der Waals surface area (Å²) in [6.45, 7) is 7.54. The fourth-order valence-corrected chi connectivity index (χ4v) is 8.79. The van der Waals surface area contributed by atoms with Crippen LogP contribution in [0.15, 0.2) is 84.9 Å². The van der Waals surface area contributed by atoms with Crippen LogP contribution in [0.4, 0.5) is 11.4 Å². The van der Waals surface area contributed by atoms with Gasteiger partial charge in [-0.15, -0.1) is 5.10 Å². The number of nitrogens with one attached hydrogen (secondary N) is 2. The van der Waals surface area contributed by atoms with Crippen molar-refractivity contribution in [1.29, 1.82) is 0 Å². The lowest BCUT2D eigenvalue weighted by Gasteiger charge is -2.19. The van der Waals surface area contributed by atoms with Crippen LogP contribution < -0.4 is 15.4 Å². The highest BCUT2D eigenvalue weighted by Gasteiger charge is 2.34. The van der Waals surface area contributed by atoms with Crippen molar-refractivity contribution in [3.63, 3.8) is 0 Å². The fraction of sp³-hybridized carbons (Fsp3) is 0.483. The number of esters is 5. The molecule has 0 bridgehead atoms. The van der Waals surface area contributed by atoms with E-state index in [9.17, 15) is 33.6 Å². The van der Waals surface area contributed by atoms with Crippen LogP contribution in [0.1, 0.15) is 193 Å². The van der Waals surface area contributed by atoms with Crippen molar-refractivity contribution in [1.82, 2.24) is 15.0 Å². The summed E-state index contributed by atoms with van der Waals surface area (Å²) in [7, 11) is 0. The molecule has 2 N–H and O–H groups in total. The monoisotopic (exact) mass is 1130 g/mol. The summed E-state index contributed by atoms with van der Waals surface area (Å²) in [6, 6.07) is 18.3. The molecule has 2 atom stereocenters. The van der Waals surface area contributed by atoms with Crippen molar-refractivity contribution >= 4 is 87.3 Å². The Morgan fingerprint density at radius 3 is 1.35 bits per heavy atom. The summed E-state index contributed by atoms with van der Waals surface area (Å²) in [5, 5.41) is 13.4. The van der Waals surface area contributed by atoms with Gasteiger partial charge in [0.1, 0.15) is 11.3 Å². The molecule has 5 aromatic rings. The number of halogens is 2. The predicted molar refractivity (Wildman–Crippen MR) is 303 cm³/mol. The SMILES string of the molecule is CCCCCCCCCCCCOC(=O)C(C)OC(=O)c1ccc(Cl)c(NC(=O)C(C(=O)Nc2cc(C(=O)OC(C)C(=O)OCCCCCCCCCCCC)ccc2Cl)n2nnc3ccc(C(=O)Oc4ccccc4)cc32)c1. The number of benzene rings is 4. The Labute approximate surface area is 473 Å². The first kappa shape index (κ1) is 63.0. The lowest BCUT2D eigenvalue weighted by Crippen LogP contribution is -2.37. The van der Waals surface area contributed by atoms with Gasteiger partial charge in [-0.2, -0.15) is 0 Å². The van der Waals surface area contributed by atoms with Crippen LogP contribution in [0.3, 0.4) is 0 Å². The largest absolute Gasteiger partial charge is 0.463 e. The number of hydrogen-bond donors (Lipinski definition) is 2. The Bertz CT molecular complexity index is 2670. The van der Waals surface area contributed by atoms with Crippen LogP contribution in [0.5, 0.6) is 5.75 Å². The van der Waals surface area contributed by atoms with Crippen LogP contribution in [0.2, 0.25) is 10.0 Å². The Morgan fingerprint density at radius 2 is 0.911 bits per heavy atom. The molecule has 0 fully saturated rings. The van der Waals surface area contributed by atoms with E-state index in [0.29, 0.717) is 12.8 Å². The zero-order valence-electron chi connectivity index (χ0n) is 45.9. The third kappa shape index (κ3) is 21.0. The molecule has 2 amide bonds. The van der Waals surface area contributed by atoms with Crippen molar-refractivity contribution in [3.8, 4) is 5.75 Å². The molecule has 17 nitrogen and oxygen atoms in total. The zero-order chi connectivity index (χ0) is 56.9. The fourth-order valence-electron chi connectivity index (χ4n) is 8.46. The van der Waals surface area contributed by atoms with Gasteiger partial charge < -0.3 is 34.3 Å². The number of unbranched alkanes of at least 4 members (excludes halogenated alkanes) is 18. The number of carbonyl (C=O) groups is 7.